The van der Waals surface area contributed by atoms with E-state index < -0.39 is 6.61 Å². The Morgan fingerprint density at radius 3 is 2.67 bits per heavy atom. The van der Waals surface area contributed by atoms with Crippen LogP contribution in [0.1, 0.15) is 25.8 Å². The van der Waals surface area contributed by atoms with Gasteiger partial charge in [0.15, 0.2) is 11.5 Å². The van der Waals surface area contributed by atoms with E-state index in [-0.39, 0.29) is 5.75 Å². The van der Waals surface area contributed by atoms with E-state index in [1.165, 1.54) is 6.07 Å². The zero-order chi connectivity index (χ0) is 15.7. The number of nitrogens with one attached hydrogen (secondary N) is 1. The molecule has 0 heterocycles. The van der Waals surface area contributed by atoms with Gasteiger partial charge in [-0.25, -0.2) is 0 Å². The maximum atomic E-state index is 12.3. The fourth-order valence-electron chi connectivity index (χ4n) is 1.78. The fraction of sp³-hybridized carbons (Fsp3) is 0.600. The molecular formula is C15H23F2NO2S. The van der Waals surface area contributed by atoms with Crippen molar-refractivity contribution >= 4 is 11.8 Å². The number of hydrogen-bond donors (Lipinski definition) is 1. The molecule has 6 heteroatoms. The van der Waals surface area contributed by atoms with Crippen LogP contribution in [0.3, 0.4) is 0 Å². The summed E-state index contributed by atoms with van der Waals surface area (Å²) in [5.74, 6) is 0.432. The van der Waals surface area contributed by atoms with Gasteiger partial charge in [0, 0.05) is 11.8 Å². The third-order valence-corrected chi connectivity index (χ3v) is 4.02. The van der Waals surface area contributed by atoms with Crippen LogP contribution in [0.25, 0.3) is 0 Å². The van der Waals surface area contributed by atoms with E-state index in [0.717, 1.165) is 18.5 Å². The number of rotatable bonds is 10. The van der Waals surface area contributed by atoms with E-state index in [9.17, 15) is 8.78 Å². The maximum absolute atomic E-state index is 12.3. The Kier molecular flexibility index (Phi) is 8.45. The summed E-state index contributed by atoms with van der Waals surface area (Å²) in [6.45, 7) is 3.15. The van der Waals surface area contributed by atoms with Crippen LogP contribution in [-0.4, -0.2) is 31.3 Å². The molecule has 1 aromatic carbocycles. The molecule has 0 aromatic heterocycles. The summed E-state index contributed by atoms with van der Waals surface area (Å²) in [5, 5.41) is 3.96. The molecule has 1 aromatic rings. The standard InChI is InChI=1S/C15H23F2NO2S/c1-4-19-14-9-12(5-6-13(14)20-15(16)17)10-18-8-7-11(2)21-3/h5-6,9,11,15,18H,4,7-8,10H2,1-3H3. The van der Waals surface area contributed by atoms with Gasteiger partial charge in [0.25, 0.3) is 0 Å². The van der Waals surface area contributed by atoms with Gasteiger partial charge < -0.3 is 14.8 Å². The summed E-state index contributed by atoms with van der Waals surface area (Å²) in [5.41, 5.74) is 0.983. The Balaban J connectivity index is 2.57. The molecule has 1 unspecified atom stereocenters. The third-order valence-electron chi connectivity index (χ3n) is 2.98. The van der Waals surface area contributed by atoms with Crippen LogP contribution in [-0.2, 0) is 6.54 Å². The Labute approximate surface area is 129 Å². The first-order valence-corrected chi connectivity index (χ1v) is 8.29. The third kappa shape index (κ3) is 7.00. The molecule has 0 fully saturated rings. The van der Waals surface area contributed by atoms with E-state index in [0.29, 0.717) is 24.2 Å². The zero-order valence-corrected chi connectivity index (χ0v) is 13.5. The molecule has 0 spiro atoms. The SMILES string of the molecule is CCOc1cc(CNCCC(C)SC)ccc1OC(F)F. The predicted octanol–water partition coefficient (Wildman–Crippen LogP) is 3.92. The quantitative estimate of drug-likeness (QED) is 0.662. The van der Waals surface area contributed by atoms with Gasteiger partial charge in [-0.15, -0.1) is 0 Å². The molecule has 21 heavy (non-hydrogen) atoms. The predicted molar refractivity (Wildman–Crippen MR) is 83.5 cm³/mol. The Morgan fingerprint density at radius 2 is 2.05 bits per heavy atom. The molecule has 1 rings (SSSR count). The lowest BCUT2D eigenvalue weighted by Crippen LogP contribution is -2.17. The monoisotopic (exact) mass is 319 g/mol. The zero-order valence-electron chi connectivity index (χ0n) is 12.7. The van der Waals surface area contributed by atoms with Crippen molar-refractivity contribution < 1.29 is 18.3 Å². The van der Waals surface area contributed by atoms with Crippen LogP contribution in [0.15, 0.2) is 18.2 Å². The minimum atomic E-state index is -2.85. The highest BCUT2D eigenvalue weighted by Crippen LogP contribution is 2.29. The minimum absolute atomic E-state index is 0.0756. The van der Waals surface area contributed by atoms with E-state index in [4.69, 9.17) is 4.74 Å². The first-order valence-electron chi connectivity index (χ1n) is 7.00. The summed E-state index contributed by atoms with van der Waals surface area (Å²) in [4.78, 5) is 0. The maximum Gasteiger partial charge on any atom is 0.387 e. The van der Waals surface area contributed by atoms with Crippen LogP contribution in [0.5, 0.6) is 11.5 Å². The molecule has 0 aliphatic heterocycles. The number of thioether (sulfide) groups is 1. The topological polar surface area (TPSA) is 30.5 Å². The summed E-state index contributed by atoms with van der Waals surface area (Å²) < 4.78 is 34.4. The van der Waals surface area contributed by atoms with Gasteiger partial charge in [-0.2, -0.15) is 20.5 Å². The van der Waals surface area contributed by atoms with Crippen LogP contribution in [0.2, 0.25) is 0 Å². The van der Waals surface area contributed by atoms with E-state index in [1.807, 2.05) is 11.8 Å². The van der Waals surface area contributed by atoms with Gasteiger partial charge in [-0.1, -0.05) is 13.0 Å². The van der Waals surface area contributed by atoms with E-state index in [2.05, 4.69) is 23.2 Å². The first-order chi connectivity index (χ1) is 10.1. The van der Waals surface area contributed by atoms with Crippen LogP contribution in [0.4, 0.5) is 8.78 Å². The number of halogens is 2. The molecule has 0 aliphatic rings. The molecule has 0 aliphatic carbocycles. The molecule has 120 valence electrons. The minimum Gasteiger partial charge on any atom is -0.490 e. The second-order valence-electron chi connectivity index (χ2n) is 4.60. The fourth-order valence-corrected chi connectivity index (χ4v) is 2.13. The molecule has 0 bridgehead atoms. The lowest BCUT2D eigenvalue weighted by molar-refractivity contribution is -0.0514. The summed E-state index contributed by atoms with van der Waals surface area (Å²) in [7, 11) is 0. The normalized spacial score (nSPS) is 12.5. The van der Waals surface area contributed by atoms with Gasteiger partial charge >= 0.3 is 6.61 Å². The number of hydrogen-bond acceptors (Lipinski definition) is 4. The molecule has 1 N–H and O–H groups in total. The van der Waals surface area contributed by atoms with E-state index >= 15 is 0 Å². The van der Waals surface area contributed by atoms with Crippen molar-refractivity contribution in [2.24, 2.45) is 0 Å². The Hall–Kier alpha value is -1.01. The van der Waals surface area contributed by atoms with Crippen molar-refractivity contribution in [1.82, 2.24) is 5.32 Å². The van der Waals surface area contributed by atoms with Crippen LogP contribution < -0.4 is 14.8 Å². The van der Waals surface area contributed by atoms with Gasteiger partial charge in [0.05, 0.1) is 6.61 Å². The molecule has 0 saturated heterocycles. The largest absolute Gasteiger partial charge is 0.490 e. The van der Waals surface area contributed by atoms with Gasteiger partial charge in [-0.3, -0.25) is 0 Å². The van der Waals surface area contributed by atoms with Crippen molar-refractivity contribution in [3.05, 3.63) is 23.8 Å². The van der Waals surface area contributed by atoms with Crippen molar-refractivity contribution in [3.8, 4) is 11.5 Å². The average molecular weight is 319 g/mol. The van der Waals surface area contributed by atoms with Crippen LogP contribution in [0, 0.1) is 0 Å². The molecule has 0 amide bonds. The van der Waals surface area contributed by atoms with Crippen molar-refractivity contribution in [3.63, 3.8) is 0 Å². The summed E-state index contributed by atoms with van der Waals surface area (Å²) >= 11 is 1.84. The van der Waals surface area contributed by atoms with Crippen molar-refractivity contribution in [1.29, 1.82) is 0 Å². The first kappa shape index (κ1) is 18.0. The summed E-state index contributed by atoms with van der Waals surface area (Å²) in [6.07, 6.45) is 3.19. The number of alkyl halides is 2. The highest BCUT2D eigenvalue weighted by Gasteiger charge is 2.11. The molecule has 0 radical (unpaired) electrons. The second-order valence-corrected chi connectivity index (χ2v) is 5.88. The number of benzene rings is 1. The van der Waals surface area contributed by atoms with Gasteiger partial charge in [-0.05, 0) is 43.8 Å². The Morgan fingerprint density at radius 1 is 1.29 bits per heavy atom. The summed E-state index contributed by atoms with van der Waals surface area (Å²) in [6, 6.07) is 5.04. The Bertz CT molecular complexity index is 419. The van der Waals surface area contributed by atoms with Crippen LogP contribution >= 0.6 is 11.8 Å². The average Bonchev–Trinajstić information content (AvgIpc) is 2.45. The lowest BCUT2D eigenvalue weighted by atomic mass is 10.2. The molecular weight excluding hydrogens is 296 g/mol. The highest BCUT2D eigenvalue weighted by molar-refractivity contribution is 7.99. The lowest BCUT2D eigenvalue weighted by Gasteiger charge is -2.13. The second kappa shape index (κ2) is 9.84. The molecule has 3 nitrogen and oxygen atoms in total. The van der Waals surface area contributed by atoms with Gasteiger partial charge in [0.1, 0.15) is 0 Å². The smallest absolute Gasteiger partial charge is 0.387 e. The highest BCUT2D eigenvalue weighted by atomic mass is 32.2. The van der Waals surface area contributed by atoms with Crippen molar-refractivity contribution in [2.45, 2.75) is 38.7 Å². The van der Waals surface area contributed by atoms with Crippen molar-refractivity contribution in [2.75, 3.05) is 19.4 Å². The number of ether oxygens (including phenoxy) is 2. The van der Waals surface area contributed by atoms with E-state index in [1.54, 1.807) is 19.1 Å². The molecule has 0 saturated carbocycles. The van der Waals surface area contributed by atoms with Gasteiger partial charge in [0.2, 0.25) is 0 Å². The molecule has 1 atom stereocenters.